The Hall–Kier alpha value is -4.05. The van der Waals surface area contributed by atoms with Crippen molar-refractivity contribution in [2.24, 2.45) is 7.05 Å². The van der Waals surface area contributed by atoms with Crippen LogP contribution in [0.25, 0.3) is 28.1 Å². The molecule has 6 rings (SSSR count). The molecule has 2 aliphatic rings. The van der Waals surface area contributed by atoms with Crippen LogP contribution in [-0.4, -0.2) is 69.3 Å². The molecule has 0 saturated carbocycles. The van der Waals surface area contributed by atoms with Crippen LogP contribution in [0.1, 0.15) is 23.0 Å². The van der Waals surface area contributed by atoms with E-state index >= 15 is 0 Å². The molecule has 3 aromatic heterocycles. The first kappa shape index (κ1) is 23.4. The van der Waals surface area contributed by atoms with E-state index < -0.39 is 0 Å². The van der Waals surface area contributed by atoms with Gasteiger partial charge in [0.15, 0.2) is 5.69 Å². The maximum Gasteiger partial charge on any atom is 0.274 e. The zero-order valence-corrected chi connectivity index (χ0v) is 21.7. The van der Waals surface area contributed by atoms with Crippen LogP contribution in [0.15, 0.2) is 47.4 Å². The summed E-state index contributed by atoms with van der Waals surface area (Å²) in [5.41, 5.74) is 5.72. The summed E-state index contributed by atoms with van der Waals surface area (Å²) in [6.45, 7) is 3.79. The summed E-state index contributed by atoms with van der Waals surface area (Å²) in [7, 11) is 3.63. The summed E-state index contributed by atoms with van der Waals surface area (Å²) in [6.07, 6.45) is 4.04. The van der Waals surface area contributed by atoms with Gasteiger partial charge in [-0.05, 0) is 23.6 Å². The van der Waals surface area contributed by atoms with Gasteiger partial charge < -0.3 is 23.8 Å². The Labute approximate surface area is 218 Å². The normalized spacial score (nSPS) is 14.7. The number of methoxy groups -OCH3 is 1. The fourth-order valence-electron chi connectivity index (χ4n) is 5.05. The monoisotopic (exact) mass is 517 g/mol. The summed E-state index contributed by atoms with van der Waals surface area (Å²) < 4.78 is 15.8. The SMILES string of the molecule is COc1cc2c(cc1-c1ccn(C)c1)-c1c(c(C(=O)N3CCN(C(C)=O)CC3)nn1-c1ccsc1)CO2. The van der Waals surface area contributed by atoms with Crippen LogP contribution in [0.4, 0.5) is 0 Å². The van der Waals surface area contributed by atoms with E-state index in [9.17, 15) is 9.59 Å². The maximum atomic E-state index is 13.7. The third-order valence-electron chi connectivity index (χ3n) is 7.02. The third-order valence-corrected chi connectivity index (χ3v) is 7.69. The van der Waals surface area contributed by atoms with Crippen LogP contribution >= 0.6 is 11.3 Å². The molecule has 37 heavy (non-hydrogen) atoms. The van der Waals surface area contributed by atoms with Crippen LogP contribution in [0, 0.1) is 0 Å². The van der Waals surface area contributed by atoms with Crippen molar-refractivity contribution in [3.63, 3.8) is 0 Å². The fraction of sp³-hybridized carbons (Fsp3) is 0.296. The Morgan fingerprint density at radius 2 is 1.86 bits per heavy atom. The Kier molecular flexibility index (Phi) is 5.75. The molecular weight excluding hydrogens is 490 g/mol. The predicted octanol–water partition coefficient (Wildman–Crippen LogP) is 3.81. The molecule has 0 radical (unpaired) electrons. The maximum absolute atomic E-state index is 13.7. The number of hydrogen-bond donors (Lipinski definition) is 0. The molecule has 0 aliphatic carbocycles. The van der Waals surface area contributed by atoms with Crippen molar-refractivity contribution in [2.45, 2.75) is 13.5 Å². The molecule has 10 heteroatoms. The van der Waals surface area contributed by atoms with Gasteiger partial charge in [0.1, 0.15) is 18.1 Å². The van der Waals surface area contributed by atoms with Crippen LogP contribution in [-0.2, 0) is 18.4 Å². The Bertz CT molecular complexity index is 1500. The van der Waals surface area contributed by atoms with Crippen molar-refractivity contribution in [3.8, 4) is 39.6 Å². The van der Waals surface area contributed by atoms with E-state index in [-0.39, 0.29) is 18.4 Å². The molecule has 0 spiro atoms. The summed E-state index contributed by atoms with van der Waals surface area (Å²) in [5, 5.41) is 8.86. The zero-order valence-electron chi connectivity index (χ0n) is 20.9. The molecule has 1 fully saturated rings. The van der Waals surface area contributed by atoms with Crippen molar-refractivity contribution in [3.05, 3.63) is 58.7 Å². The third kappa shape index (κ3) is 3.97. The second kappa shape index (κ2) is 9.11. The molecule has 2 aliphatic heterocycles. The van der Waals surface area contributed by atoms with E-state index in [4.69, 9.17) is 14.6 Å². The number of amides is 2. The number of carbonyl (C=O) groups excluding carboxylic acids is 2. The van der Waals surface area contributed by atoms with E-state index in [1.54, 1.807) is 35.2 Å². The topological polar surface area (TPSA) is 81.8 Å². The lowest BCUT2D eigenvalue weighted by Gasteiger charge is -2.34. The number of piperazine rings is 1. The van der Waals surface area contributed by atoms with E-state index in [1.165, 1.54) is 0 Å². The molecule has 9 nitrogen and oxygen atoms in total. The van der Waals surface area contributed by atoms with E-state index in [0.29, 0.717) is 37.6 Å². The van der Waals surface area contributed by atoms with Gasteiger partial charge in [0, 0.05) is 86.2 Å². The highest BCUT2D eigenvalue weighted by atomic mass is 32.1. The van der Waals surface area contributed by atoms with Crippen LogP contribution in [0.2, 0.25) is 0 Å². The van der Waals surface area contributed by atoms with Crippen molar-refractivity contribution in [1.82, 2.24) is 24.1 Å². The van der Waals surface area contributed by atoms with Gasteiger partial charge in [-0.3, -0.25) is 9.59 Å². The number of rotatable bonds is 4. The molecule has 0 unspecified atom stereocenters. The van der Waals surface area contributed by atoms with Crippen LogP contribution in [0.5, 0.6) is 11.5 Å². The lowest BCUT2D eigenvalue weighted by Crippen LogP contribution is -2.50. The molecule has 1 saturated heterocycles. The highest BCUT2D eigenvalue weighted by Crippen LogP contribution is 2.46. The van der Waals surface area contributed by atoms with Gasteiger partial charge in [-0.1, -0.05) is 0 Å². The molecule has 0 N–H and O–H groups in total. The minimum Gasteiger partial charge on any atom is -0.496 e. The van der Waals surface area contributed by atoms with Gasteiger partial charge in [0.05, 0.1) is 18.5 Å². The van der Waals surface area contributed by atoms with Gasteiger partial charge in [-0.15, -0.1) is 0 Å². The quantitative estimate of drug-likeness (QED) is 0.411. The van der Waals surface area contributed by atoms with E-state index in [1.807, 2.05) is 57.6 Å². The largest absolute Gasteiger partial charge is 0.496 e. The summed E-state index contributed by atoms with van der Waals surface area (Å²) >= 11 is 1.58. The number of fused-ring (bicyclic) bond motifs is 3. The first-order valence-electron chi connectivity index (χ1n) is 12.1. The predicted molar refractivity (Wildman–Crippen MR) is 140 cm³/mol. The Morgan fingerprint density at radius 1 is 1.08 bits per heavy atom. The minimum atomic E-state index is -0.141. The highest BCUT2D eigenvalue weighted by molar-refractivity contribution is 7.08. The molecular formula is C27H27N5O4S. The summed E-state index contributed by atoms with van der Waals surface area (Å²) in [4.78, 5) is 29.0. The van der Waals surface area contributed by atoms with Crippen molar-refractivity contribution in [2.75, 3.05) is 33.3 Å². The van der Waals surface area contributed by atoms with Crippen molar-refractivity contribution >= 4 is 23.2 Å². The second-order valence-corrected chi connectivity index (χ2v) is 10.1. The summed E-state index contributed by atoms with van der Waals surface area (Å²) in [5.74, 6) is 1.29. The summed E-state index contributed by atoms with van der Waals surface area (Å²) in [6, 6.07) is 8.01. The van der Waals surface area contributed by atoms with Crippen molar-refractivity contribution < 1.29 is 19.1 Å². The standard InChI is InChI=1S/C27H27N5O4S/c1-17(33)30-7-9-31(10-8-30)27(34)25-22-15-36-24-13-23(35-3)20(18-4-6-29(2)14-18)12-21(24)26(22)32(28-25)19-5-11-37-16-19/h4-6,11-14,16H,7-10,15H2,1-3H3. The Balaban J connectivity index is 1.47. The number of benzene rings is 1. The molecule has 190 valence electrons. The van der Waals surface area contributed by atoms with Gasteiger partial charge in [0.25, 0.3) is 5.91 Å². The molecule has 4 aromatic rings. The lowest BCUT2D eigenvalue weighted by atomic mass is 9.97. The molecule has 0 atom stereocenters. The van der Waals surface area contributed by atoms with Crippen molar-refractivity contribution in [1.29, 1.82) is 0 Å². The van der Waals surface area contributed by atoms with Gasteiger partial charge in [-0.25, -0.2) is 4.68 Å². The number of aryl methyl sites for hydroxylation is 1. The van der Waals surface area contributed by atoms with Crippen LogP contribution < -0.4 is 9.47 Å². The first-order chi connectivity index (χ1) is 17.9. The molecule has 0 bridgehead atoms. The zero-order chi connectivity index (χ0) is 25.7. The van der Waals surface area contributed by atoms with E-state index in [2.05, 4.69) is 6.07 Å². The fourth-order valence-corrected chi connectivity index (χ4v) is 5.66. The lowest BCUT2D eigenvalue weighted by molar-refractivity contribution is -0.130. The van der Waals surface area contributed by atoms with Crippen LogP contribution in [0.3, 0.4) is 0 Å². The molecule has 5 heterocycles. The number of nitrogens with zero attached hydrogens (tertiary/aromatic N) is 5. The first-order valence-corrected chi connectivity index (χ1v) is 13.1. The van der Waals surface area contributed by atoms with Gasteiger partial charge in [-0.2, -0.15) is 16.4 Å². The molecule has 2 amide bonds. The van der Waals surface area contributed by atoms with Gasteiger partial charge >= 0.3 is 0 Å². The number of aromatic nitrogens is 3. The van der Waals surface area contributed by atoms with Gasteiger partial charge in [0.2, 0.25) is 5.91 Å². The van der Waals surface area contributed by atoms with E-state index in [0.717, 1.165) is 39.4 Å². The average Bonchev–Trinajstić information content (AvgIpc) is 3.67. The number of thiophene rings is 1. The number of carbonyl (C=O) groups is 2. The average molecular weight is 518 g/mol. The smallest absolute Gasteiger partial charge is 0.274 e. The number of hydrogen-bond acceptors (Lipinski definition) is 6. The minimum absolute atomic E-state index is 0.0286. The second-order valence-electron chi connectivity index (χ2n) is 9.27. The Morgan fingerprint density at radius 3 is 2.51 bits per heavy atom. The molecule has 1 aromatic carbocycles. The highest BCUT2D eigenvalue weighted by Gasteiger charge is 2.34. The number of ether oxygens (including phenoxy) is 2.